The van der Waals surface area contributed by atoms with Crippen molar-refractivity contribution >= 4 is 34.5 Å². The van der Waals surface area contributed by atoms with Crippen LogP contribution in [0.4, 0.5) is 28.8 Å². The molecule has 0 saturated heterocycles. The summed E-state index contributed by atoms with van der Waals surface area (Å²) in [5, 5.41) is 11.5. The molecule has 0 amide bonds. The number of benzene rings is 2. The van der Waals surface area contributed by atoms with Crippen LogP contribution >= 0.6 is 0 Å². The van der Waals surface area contributed by atoms with Crippen molar-refractivity contribution in [3.8, 4) is 0 Å². The monoisotopic (exact) mass is 319 g/mol. The molecule has 0 unspecified atom stereocenters. The molecule has 0 bridgehead atoms. The molecule has 120 valence electrons. The molecule has 0 atom stereocenters. The molecule has 3 rings (SSSR count). The summed E-state index contributed by atoms with van der Waals surface area (Å²) in [6, 6.07) is 14.2. The number of rotatable bonds is 4. The van der Waals surface area contributed by atoms with Crippen LogP contribution < -0.4 is 22.5 Å². The van der Waals surface area contributed by atoms with Gasteiger partial charge in [-0.05, 0) is 36.4 Å². The van der Waals surface area contributed by atoms with Gasteiger partial charge in [-0.25, -0.2) is 4.98 Å². The molecule has 0 radical (unpaired) electrons. The van der Waals surface area contributed by atoms with E-state index in [1.165, 1.54) is 0 Å². The number of nitrogens with one attached hydrogen (secondary N) is 2. The SMILES string of the molecule is N=C(c1cccc(N)c1)c1cc(Nc2ccnc(N)n2)ccc1N. The van der Waals surface area contributed by atoms with Gasteiger partial charge in [0.1, 0.15) is 5.82 Å². The number of aromatic nitrogens is 2. The summed E-state index contributed by atoms with van der Waals surface area (Å²) in [5.74, 6) is 0.747. The minimum atomic E-state index is 0.183. The summed E-state index contributed by atoms with van der Waals surface area (Å²) in [6.45, 7) is 0. The Kier molecular flexibility index (Phi) is 3.98. The third-order valence-electron chi connectivity index (χ3n) is 3.44. The van der Waals surface area contributed by atoms with Crippen LogP contribution in [0.15, 0.2) is 54.7 Å². The van der Waals surface area contributed by atoms with Crippen LogP contribution in [0, 0.1) is 5.41 Å². The van der Waals surface area contributed by atoms with E-state index >= 15 is 0 Å². The maximum atomic E-state index is 8.41. The Balaban J connectivity index is 1.93. The van der Waals surface area contributed by atoms with Crippen molar-refractivity contribution in [2.75, 3.05) is 22.5 Å². The molecular weight excluding hydrogens is 302 g/mol. The van der Waals surface area contributed by atoms with Crippen molar-refractivity contribution in [2.24, 2.45) is 0 Å². The maximum absolute atomic E-state index is 8.41. The Morgan fingerprint density at radius 2 is 1.83 bits per heavy atom. The van der Waals surface area contributed by atoms with E-state index in [0.29, 0.717) is 34.0 Å². The Bertz CT molecular complexity index is 905. The van der Waals surface area contributed by atoms with Gasteiger partial charge in [0, 0.05) is 34.4 Å². The molecule has 7 heteroatoms. The van der Waals surface area contributed by atoms with Gasteiger partial charge >= 0.3 is 0 Å². The summed E-state index contributed by atoms with van der Waals surface area (Å²) in [7, 11) is 0. The molecule has 8 N–H and O–H groups in total. The third-order valence-corrected chi connectivity index (χ3v) is 3.44. The van der Waals surface area contributed by atoms with E-state index in [0.717, 1.165) is 5.69 Å². The Hall–Kier alpha value is -3.61. The molecule has 0 fully saturated rings. The van der Waals surface area contributed by atoms with Crippen molar-refractivity contribution in [2.45, 2.75) is 0 Å². The summed E-state index contributed by atoms with van der Waals surface area (Å²) < 4.78 is 0. The number of nitrogens with zero attached hydrogens (tertiary/aromatic N) is 2. The van der Waals surface area contributed by atoms with Gasteiger partial charge in [-0.3, -0.25) is 5.41 Å². The highest BCUT2D eigenvalue weighted by molar-refractivity contribution is 6.14. The van der Waals surface area contributed by atoms with Gasteiger partial charge in [-0.2, -0.15) is 4.98 Å². The average Bonchev–Trinajstić information content (AvgIpc) is 2.56. The molecule has 7 nitrogen and oxygen atoms in total. The normalized spacial score (nSPS) is 10.3. The lowest BCUT2D eigenvalue weighted by atomic mass is 10.00. The molecule has 0 aliphatic carbocycles. The highest BCUT2D eigenvalue weighted by atomic mass is 15.1. The van der Waals surface area contributed by atoms with Gasteiger partial charge in [-0.1, -0.05) is 12.1 Å². The van der Waals surface area contributed by atoms with Crippen molar-refractivity contribution < 1.29 is 0 Å². The van der Waals surface area contributed by atoms with E-state index in [1.807, 2.05) is 12.1 Å². The zero-order valence-corrected chi connectivity index (χ0v) is 12.8. The fraction of sp³-hybridized carbons (Fsp3) is 0. The smallest absolute Gasteiger partial charge is 0.221 e. The van der Waals surface area contributed by atoms with E-state index in [4.69, 9.17) is 22.6 Å². The molecule has 0 saturated carbocycles. The molecule has 0 aliphatic heterocycles. The van der Waals surface area contributed by atoms with E-state index < -0.39 is 0 Å². The van der Waals surface area contributed by atoms with Gasteiger partial charge in [0.2, 0.25) is 5.95 Å². The van der Waals surface area contributed by atoms with Crippen LogP contribution in [0.3, 0.4) is 0 Å². The van der Waals surface area contributed by atoms with Crippen LogP contribution in [0.25, 0.3) is 0 Å². The highest BCUT2D eigenvalue weighted by Gasteiger charge is 2.10. The second kappa shape index (κ2) is 6.25. The minimum Gasteiger partial charge on any atom is -0.399 e. The number of nitrogen functional groups attached to an aromatic ring is 3. The molecule has 1 heterocycles. The largest absolute Gasteiger partial charge is 0.399 e. The molecule has 1 aromatic heterocycles. The standard InChI is InChI=1S/C17H17N7/c18-11-3-1-2-10(8-11)16(20)13-9-12(4-5-14(13)19)23-15-6-7-22-17(21)24-15/h1-9,20H,18-19H2,(H3,21,22,23,24). The van der Waals surface area contributed by atoms with Crippen molar-refractivity contribution in [3.63, 3.8) is 0 Å². The fourth-order valence-electron chi connectivity index (χ4n) is 2.29. The molecule has 0 spiro atoms. The second-order valence-corrected chi connectivity index (χ2v) is 5.23. The van der Waals surface area contributed by atoms with Crippen LogP contribution in [0.2, 0.25) is 0 Å². The summed E-state index contributed by atoms with van der Waals surface area (Å²) in [4.78, 5) is 7.94. The lowest BCUT2D eigenvalue weighted by Crippen LogP contribution is -2.07. The molecule has 2 aromatic carbocycles. The first kappa shape index (κ1) is 15.3. The third kappa shape index (κ3) is 3.25. The predicted octanol–water partition coefficient (Wildman–Crippen LogP) is 2.38. The number of anilines is 5. The van der Waals surface area contributed by atoms with Gasteiger partial charge in [0.05, 0.1) is 5.71 Å². The van der Waals surface area contributed by atoms with E-state index in [9.17, 15) is 0 Å². The Morgan fingerprint density at radius 1 is 1.00 bits per heavy atom. The molecular formula is C17H17N7. The first-order valence-corrected chi connectivity index (χ1v) is 7.23. The van der Waals surface area contributed by atoms with Crippen LogP contribution in [-0.2, 0) is 0 Å². The topological polar surface area (TPSA) is 140 Å². The first-order valence-electron chi connectivity index (χ1n) is 7.23. The average molecular weight is 319 g/mol. The quantitative estimate of drug-likeness (QED) is 0.369. The highest BCUT2D eigenvalue weighted by Crippen LogP contribution is 2.24. The number of nitrogens with two attached hydrogens (primary N) is 3. The molecule has 3 aromatic rings. The van der Waals surface area contributed by atoms with Crippen molar-refractivity contribution in [1.82, 2.24) is 9.97 Å². The zero-order chi connectivity index (χ0) is 17.1. The van der Waals surface area contributed by atoms with Crippen molar-refractivity contribution in [3.05, 3.63) is 65.9 Å². The fourth-order valence-corrected chi connectivity index (χ4v) is 2.29. The van der Waals surface area contributed by atoms with Gasteiger partial charge in [0.25, 0.3) is 0 Å². The first-order chi connectivity index (χ1) is 11.5. The second-order valence-electron chi connectivity index (χ2n) is 5.23. The lowest BCUT2D eigenvalue weighted by Gasteiger charge is -2.12. The van der Waals surface area contributed by atoms with Gasteiger partial charge in [-0.15, -0.1) is 0 Å². The molecule has 24 heavy (non-hydrogen) atoms. The number of hydrogen-bond donors (Lipinski definition) is 5. The van der Waals surface area contributed by atoms with E-state index in [1.54, 1.807) is 42.6 Å². The van der Waals surface area contributed by atoms with Crippen LogP contribution in [-0.4, -0.2) is 15.7 Å². The molecule has 0 aliphatic rings. The Labute approximate surface area is 139 Å². The Morgan fingerprint density at radius 3 is 2.58 bits per heavy atom. The van der Waals surface area contributed by atoms with E-state index in [-0.39, 0.29) is 5.95 Å². The predicted molar refractivity (Wildman–Crippen MR) is 97.4 cm³/mol. The number of hydrogen-bond acceptors (Lipinski definition) is 7. The van der Waals surface area contributed by atoms with E-state index in [2.05, 4.69) is 15.3 Å². The van der Waals surface area contributed by atoms with Crippen molar-refractivity contribution in [1.29, 1.82) is 5.41 Å². The van der Waals surface area contributed by atoms with Crippen LogP contribution in [0.5, 0.6) is 0 Å². The lowest BCUT2D eigenvalue weighted by molar-refractivity contribution is 1.18. The summed E-state index contributed by atoms with van der Waals surface area (Å²) >= 11 is 0. The summed E-state index contributed by atoms with van der Waals surface area (Å²) in [5.41, 5.74) is 20.9. The minimum absolute atomic E-state index is 0.183. The van der Waals surface area contributed by atoms with Crippen LogP contribution in [0.1, 0.15) is 11.1 Å². The van der Waals surface area contributed by atoms with Gasteiger partial charge in [0.15, 0.2) is 0 Å². The summed E-state index contributed by atoms with van der Waals surface area (Å²) in [6.07, 6.45) is 1.57. The zero-order valence-electron chi connectivity index (χ0n) is 12.8. The van der Waals surface area contributed by atoms with Gasteiger partial charge < -0.3 is 22.5 Å². The maximum Gasteiger partial charge on any atom is 0.221 e.